The molecule has 3 rings (SSSR count). The SMILES string of the molecule is C=C(C)C(=O)OCCCc1cc(-c2ccc(-c3ccc(C)cc3)cc2CC)ccc1OCCC(C)(CO)CO. The van der Waals surface area contributed by atoms with E-state index in [-0.39, 0.29) is 19.2 Å². The van der Waals surface area contributed by atoms with Gasteiger partial charge in [0.1, 0.15) is 5.75 Å². The van der Waals surface area contributed by atoms with Gasteiger partial charge >= 0.3 is 5.97 Å². The van der Waals surface area contributed by atoms with Crippen LogP contribution in [-0.2, 0) is 22.4 Å². The molecule has 0 saturated carbocycles. The molecule has 0 aliphatic carbocycles. The minimum atomic E-state index is -0.591. The van der Waals surface area contributed by atoms with Gasteiger partial charge in [0.2, 0.25) is 0 Å². The van der Waals surface area contributed by atoms with E-state index < -0.39 is 5.41 Å². The second-order valence-corrected chi connectivity index (χ2v) is 10.7. The first kappa shape index (κ1) is 30.1. The van der Waals surface area contributed by atoms with Gasteiger partial charge < -0.3 is 19.7 Å². The lowest BCUT2D eigenvalue weighted by molar-refractivity contribution is -0.139. The topological polar surface area (TPSA) is 76.0 Å². The Labute approximate surface area is 233 Å². The molecular weight excluding hydrogens is 488 g/mol. The van der Waals surface area contributed by atoms with Crippen LogP contribution in [0, 0.1) is 12.3 Å². The summed E-state index contributed by atoms with van der Waals surface area (Å²) in [7, 11) is 0. The third kappa shape index (κ3) is 8.29. The summed E-state index contributed by atoms with van der Waals surface area (Å²) < 4.78 is 11.4. The summed E-state index contributed by atoms with van der Waals surface area (Å²) in [6.45, 7) is 11.8. The summed E-state index contributed by atoms with van der Waals surface area (Å²) in [4.78, 5) is 11.8. The van der Waals surface area contributed by atoms with Crippen LogP contribution in [-0.4, -0.2) is 42.6 Å². The van der Waals surface area contributed by atoms with Gasteiger partial charge in [-0.3, -0.25) is 0 Å². The summed E-state index contributed by atoms with van der Waals surface area (Å²) in [6.07, 6.45) is 2.75. The molecular formula is C34H42O5. The maximum atomic E-state index is 11.8. The number of aliphatic hydroxyl groups excluding tert-OH is 2. The molecule has 0 saturated heterocycles. The van der Waals surface area contributed by atoms with E-state index in [0.717, 1.165) is 23.3 Å². The van der Waals surface area contributed by atoms with Crippen LogP contribution in [0.2, 0.25) is 0 Å². The first-order valence-electron chi connectivity index (χ1n) is 13.7. The Kier molecular flexibility index (Phi) is 10.9. The molecule has 0 fully saturated rings. The predicted molar refractivity (Wildman–Crippen MR) is 158 cm³/mol. The molecule has 5 heteroatoms. The van der Waals surface area contributed by atoms with Crippen molar-refractivity contribution in [2.45, 2.75) is 53.4 Å². The van der Waals surface area contributed by atoms with Gasteiger partial charge in [0.05, 0.1) is 26.4 Å². The van der Waals surface area contributed by atoms with Crippen LogP contribution in [0.15, 0.2) is 72.8 Å². The Bertz CT molecular complexity index is 1260. The predicted octanol–water partition coefficient (Wildman–Crippen LogP) is 6.70. The smallest absolute Gasteiger partial charge is 0.333 e. The molecule has 0 aromatic heterocycles. The van der Waals surface area contributed by atoms with E-state index in [1.54, 1.807) is 6.92 Å². The monoisotopic (exact) mass is 530 g/mol. The highest BCUT2D eigenvalue weighted by Crippen LogP contribution is 2.33. The van der Waals surface area contributed by atoms with E-state index in [1.165, 1.54) is 27.8 Å². The molecule has 5 nitrogen and oxygen atoms in total. The Hall–Kier alpha value is -3.41. The molecule has 3 aromatic rings. The van der Waals surface area contributed by atoms with E-state index in [1.807, 2.05) is 13.0 Å². The summed E-state index contributed by atoms with van der Waals surface area (Å²) in [5, 5.41) is 19.2. The number of ether oxygens (including phenoxy) is 2. The van der Waals surface area contributed by atoms with Gasteiger partial charge in [-0.05, 0) is 85.0 Å². The quantitative estimate of drug-likeness (QED) is 0.138. The van der Waals surface area contributed by atoms with Crippen LogP contribution in [0.5, 0.6) is 5.75 Å². The average Bonchev–Trinajstić information content (AvgIpc) is 2.95. The first-order chi connectivity index (χ1) is 18.7. The molecule has 3 aromatic carbocycles. The fraction of sp³-hybridized carbons (Fsp3) is 0.382. The van der Waals surface area contributed by atoms with Gasteiger partial charge in [-0.15, -0.1) is 0 Å². The Morgan fingerprint density at radius 3 is 2.18 bits per heavy atom. The van der Waals surface area contributed by atoms with Crippen molar-refractivity contribution in [2.75, 3.05) is 26.4 Å². The number of rotatable bonds is 14. The van der Waals surface area contributed by atoms with Crippen LogP contribution < -0.4 is 4.74 Å². The van der Waals surface area contributed by atoms with Gasteiger partial charge in [-0.2, -0.15) is 0 Å². The number of hydrogen-bond donors (Lipinski definition) is 2. The van der Waals surface area contributed by atoms with Crippen LogP contribution in [0.3, 0.4) is 0 Å². The number of carbonyl (C=O) groups excluding carboxylic acids is 1. The largest absolute Gasteiger partial charge is 0.493 e. The fourth-order valence-corrected chi connectivity index (χ4v) is 4.34. The van der Waals surface area contributed by atoms with E-state index >= 15 is 0 Å². The van der Waals surface area contributed by atoms with Crippen LogP contribution >= 0.6 is 0 Å². The van der Waals surface area contributed by atoms with E-state index in [0.29, 0.717) is 38.0 Å². The highest BCUT2D eigenvalue weighted by atomic mass is 16.5. The van der Waals surface area contributed by atoms with Crippen LogP contribution in [0.1, 0.15) is 50.3 Å². The highest BCUT2D eigenvalue weighted by molar-refractivity contribution is 5.86. The molecule has 0 heterocycles. The molecule has 0 amide bonds. The molecule has 0 aliphatic heterocycles. The zero-order chi connectivity index (χ0) is 28.4. The van der Waals surface area contributed by atoms with Gasteiger partial charge in [0.15, 0.2) is 0 Å². The molecule has 2 N–H and O–H groups in total. The van der Waals surface area contributed by atoms with Crippen molar-refractivity contribution >= 4 is 5.97 Å². The zero-order valence-corrected chi connectivity index (χ0v) is 23.8. The number of aliphatic hydroxyl groups is 2. The fourth-order valence-electron chi connectivity index (χ4n) is 4.34. The lowest BCUT2D eigenvalue weighted by Crippen LogP contribution is -2.28. The number of carbonyl (C=O) groups is 1. The maximum absolute atomic E-state index is 11.8. The van der Waals surface area contributed by atoms with Crippen LogP contribution in [0.4, 0.5) is 0 Å². The third-order valence-electron chi connectivity index (χ3n) is 7.14. The zero-order valence-electron chi connectivity index (χ0n) is 23.8. The van der Waals surface area contributed by atoms with Crippen molar-refractivity contribution in [3.05, 3.63) is 89.5 Å². The number of esters is 1. The number of aryl methyl sites for hydroxylation is 3. The van der Waals surface area contributed by atoms with Crippen molar-refractivity contribution in [3.8, 4) is 28.0 Å². The Balaban J connectivity index is 1.86. The van der Waals surface area contributed by atoms with Crippen molar-refractivity contribution in [3.63, 3.8) is 0 Å². The highest BCUT2D eigenvalue weighted by Gasteiger charge is 2.22. The minimum absolute atomic E-state index is 0.106. The van der Waals surface area contributed by atoms with Gasteiger partial charge in [-0.25, -0.2) is 4.79 Å². The molecule has 208 valence electrons. The standard InChI is InChI=1S/C34H42O5/c1-6-26-20-28(27-11-9-25(4)10-12-27)13-15-31(26)29-14-16-32(38-19-17-34(5,22-35)23-36)30(21-29)8-7-18-39-33(37)24(2)3/h9-16,20-21,35-36H,2,6-8,17-19,22-23H2,1,3-5H3. The van der Waals surface area contributed by atoms with Crippen LogP contribution in [0.25, 0.3) is 22.3 Å². The molecule has 39 heavy (non-hydrogen) atoms. The van der Waals surface area contributed by atoms with E-state index in [4.69, 9.17) is 9.47 Å². The van der Waals surface area contributed by atoms with E-state index in [9.17, 15) is 15.0 Å². The maximum Gasteiger partial charge on any atom is 0.333 e. The van der Waals surface area contributed by atoms with Gasteiger partial charge in [0.25, 0.3) is 0 Å². The Morgan fingerprint density at radius 2 is 1.54 bits per heavy atom. The van der Waals surface area contributed by atoms with Crippen molar-refractivity contribution in [1.82, 2.24) is 0 Å². The van der Waals surface area contributed by atoms with Crippen molar-refractivity contribution in [1.29, 1.82) is 0 Å². The summed E-state index contributed by atoms with van der Waals surface area (Å²) >= 11 is 0. The molecule has 0 unspecified atom stereocenters. The molecule has 0 bridgehead atoms. The lowest BCUT2D eigenvalue weighted by Gasteiger charge is -2.24. The van der Waals surface area contributed by atoms with E-state index in [2.05, 4.69) is 75.0 Å². The van der Waals surface area contributed by atoms with Gasteiger partial charge in [-0.1, -0.05) is 74.5 Å². The second-order valence-electron chi connectivity index (χ2n) is 10.7. The normalized spacial score (nSPS) is 11.3. The minimum Gasteiger partial charge on any atom is -0.493 e. The molecule has 0 radical (unpaired) electrons. The number of benzene rings is 3. The lowest BCUT2D eigenvalue weighted by atomic mass is 9.89. The number of hydrogen-bond acceptors (Lipinski definition) is 5. The van der Waals surface area contributed by atoms with Crippen molar-refractivity contribution < 1.29 is 24.5 Å². The van der Waals surface area contributed by atoms with Crippen molar-refractivity contribution in [2.24, 2.45) is 5.41 Å². The molecule has 0 aliphatic rings. The Morgan fingerprint density at radius 1 is 0.897 bits per heavy atom. The molecule has 0 atom stereocenters. The second kappa shape index (κ2) is 14.1. The molecule has 0 spiro atoms. The summed E-state index contributed by atoms with van der Waals surface area (Å²) in [5.74, 6) is 0.381. The summed E-state index contributed by atoms with van der Waals surface area (Å²) in [5.41, 5.74) is 8.03. The average molecular weight is 531 g/mol. The third-order valence-corrected chi connectivity index (χ3v) is 7.14. The summed E-state index contributed by atoms with van der Waals surface area (Å²) in [6, 6.07) is 21.5. The van der Waals surface area contributed by atoms with Gasteiger partial charge in [0, 0.05) is 11.0 Å². The first-order valence-corrected chi connectivity index (χ1v) is 13.7.